The van der Waals surface area contributed by atoms with Gasteiger partial charge in [-0.15, -0.1) is 12.4 Å². The van der Waals surface area contributed by atoms with Crippen molar-refractivity contribution < 1.29 is 5.11 Å². The zero-order valence-electron chi connectivity index (χ0n) is 10.9. The molecule has 3 aliphatic heterocycles. The van der Waals surface area contributed by atoms with E-state index in [0.29, 0.717) is 11.8 Å². The van der Waals surface area contributed by atoms with E-state index in [2.05, 4.69) is 17.9 Å². The third kappa shape index (κ3) is 2.65. The Morgan fingerprint density at radius 2 is 2.00 bits per heavy atom. The summed E-state index contributed by atoms with van der Waals surface area (Å²) in [6.45, 7) is 4.63. The molecule has 1 N–H and O–H groups in total. The summed E-state index contributed by atoms with van der Waals surface area (Å²) in [7, 11) is 0. The van der Waals surface area contributed by atoms with E-state index < -0.39 is 0 Å². The first-order valence-corrected chi connectivity index (χ1v) is 6.75. The molecule has 3 fully saturated rings. The van der Waals surface area contributed by atoms with E-state index in [4.69, 9.17) is 0 Å². The van der Waals surface area contributed by atoms with Crippen LogP contribution in [0.1, 0.15) is 30.4 Å². The van der Waals surface area contributed by atoms with Gasteiger partial charge in [-0.05, 0) is 63.2 Å². The molecule has 3 aliphatic rings. The average Bonchev–Trinajstić information content (AvgIpc) is 2.35. The number of benzene rings is 1. The minimum Gasteiger partial charge on any atom is -0.508 e. The van der Waals surface area contributed by atoms with E-state index >= 15 is 0 Å². The fraction of sp³-hybridized carbons (Fsp3) is 0.600. The highest BCUT2D eigenvalue weighted by Gasteiger charge is 2.33. The van der Waals surface area contributed by atoms with E-state index in [1.165, 1.54) is 37.9 Å². The van der Waals surface area contributed by atoms with Crippen molar-refractivity contribution in [2.45, 2.75) is 38.6 Å². The lowest BCUT2D eigenvalue weighted by Gasteiger charge is -2.45. The molecule has 0 spiro atoms. The number of phenolic OH excluding ortho intramolecular Hbond substituents is 1. The number of rotatable bonds is 2. The number of aromatic hydroxyl groups is 1. The second-order valence-corrected chi connectivity index (χ2v) is 5.71. The Morgan fingerprint density at radius 1 is 1.28 bits per heavy atom. The lowest BCUT2D eigenvalue weighted by molar-refractivity contribution is 0.0496. The van der Waals surface area contributed by atoms with Gasteiger partial charge in [-0.25, -0.2) is 0 Å². The van der Waals surface area contributed by atoms with E-state index in [-0.39, 0.29) is 12.4 Å². The number of nitrogens with zero attached hydrogens (tertiary/aromatic N) is 1. The SMILES string of the molecule is Cc1ccc(O)c(CC2CC3CCN2CC3)c1.Cl. The number of halogens is 1. The minimum absolute atomic E-state index is 0. The molecule has 2 bridgehead atoms. The van der Waals surface area contributed by atoms with E-state index in [1.54, 1.807) is 0 Å². The maximum Gasteiger partial charge on any atom is 0.118 e. The summed E-state index contributed by atoms with van der Waals surface area (Å²) >= 11 is 0. The van der Waals surface area contributed by atoms with Crippen molar-refractivity contribution in [2.75, 3.05) is 13.1 Å². The van der Waals surface area contributed by atoms with Crippen LogP contribution < -0.4 is 0 Å². The van der Waals surface area contributed by atoms with Gasteiger partial charge < -0.3 is 10.0 Å². The molecule has 4 rings (SSSR count). The number of aryl methyl sites for hydroxylation is 1. The number of hydrogen-bond acceptors (Lipinski definition) is 2. The van der Waals surface area contributed by atoms with Gasteiger partial charge in [-0.3, -0.25) is 0 Å². The summed E-state index contributed by atoms with van der Waals surface area (Å²) in [5, 5.41) is 9.92. The lowest BCUT2D eigenvalue weighted by atomic mass is 9.81. The van der Waals surface area contributed by atoms with Crippen LogP contribution in [0.2, 0.25) is 0 Å². The summed E-state index contributed by atoms with van der Waals surface area (Å²) < 4.78 is 0. The fourth-order valence-corrected chi connectivity index (χ4v) is 3.43. The Morgan fingerprint density at radius 3 is 2.61 bits per heavy atom. The van der Waals surface area contributed by atoms with Crippen LogP contribution in [0.5, 0.6) is 5.75 Å². The third-order valence-corrected chi connectivity index (χ3v) is 4.46. The van der Waals surface area contributed by atoms with Crippen molar-refractivity contribution in [3.63, 3.8) is 0 Å². The van der Waals surface area contributed by atoms with E-state index in [0.717, 1.165) is 17.9 Å². The van der Waals surface area contributed by atoms with Gasteiger partial charge in [0.05, 0.1) is 0 Å². The largest absolute Gasteiger partial charge is 0.508 e. The summed E-state index contributed by atoms with van der Waals surface area (Å²) in [5.74, 6) is 1.41. The van der Waals surface area contributed by atoms with Crippen LogP contribution in [0.3, 0.4) is 0 Å². The van der Waals surface area contributed by atoms with Gasteiger partial charge in [0.2, 0.25) is 0 Å². The van der Waals surface area contributed by atoms with Crippen LogP contribution in [0, 0.1) is 12.8 Å². The van der Waals surface area contributed by atoms with Crippen LogP contribution in [-0.4, -0.2) is 29.1 Å². The van der Waals surface area contributed by atoms with Crippen molar-refractivity contribution in [1.82, 2.24) is 4.90 Å². The van der Waals surface area contributed by atoms with Crippen molar-refractivity contribution in [3.05, 3.63) is 29.3 Å². The summed E-state index contributed by atoms with van der Waals surface area (Å²) in [5.41, 5.74) is 2.37. The van der Waals surface area contributed by atoms with Gasteiger partial charge in [0.1, 0.15) is 5.75 Å². The standard InChI is InChI=1S/C15H21NO.ClH/c1-11-2-3-15(17)13(8-11)10-14-9-12-4-6-16(14)7-5-12;/h2-3,8,12,14,17H,4-7,9-10H2,1H3;1H. The minimum atomic E-state index is 0. The molecular weight excluding hydrogens is 246 g/mol. The monoisotopic (exact) mass is 267 g/mol. The van der Waals surface area contributed by atoms with Gasteiger partial charge in [0, 0.05) is 6.04 Å². The van der Waals surface area contributed by atoms with Gasteiger partial charge in [0.25, 0.3) is 0 Å². The summed E-state index contributed by atoms with van der Waals surface area (Å²) in [6.07, 6.45) is 5.12. The number of hydrogen-bond donors (Lipinski definition) is 1. The molecule has 18 heavy (non-hydrogen) atoms. The zero-order chi connectivity index (χ0) is 11.8. The maximum absolute atomic E-state index is 9.92. The summed E-state index contributed by atoms with van der Waals surface area (Å²) in [6, 6.07) is 6.61. The normalized spacial score (nSPS) is 29.9. The highest BCUT2D eigenvalue weighted by molar-refractivity contribution is 5.85. The molecule has 3 saturated heterocycles. The molecule has 100 valence electrons. The number of piperidine rings is 3. The van der Waals surface area contributed by atoms with E-state index in [1.807, 2.05) is 12.1 Å². The number of phenols is 1. The molecule has 3 heteroatoms. The van der Waals surface area contributed by atoms with Crippen LogP contribution >= 0.6 is 12.4 Å². The van der Waals surface area contributed by atoms with Crippen LogP contribution in [0.25, 0.3) is 0 Å². The molecule has 0 saturated carbocycles. The number of fused-ring (bicyclic) bond motifs is 3. The highest BCUT2D eigenvalue weighted by atomic mass is 35.5. The van der Waals surface area contributed by atoms with Gasteiger partial charge >= 0.3 is 0 Å². The quantitative estimate of drug-likeness (QED) is 0.890. The molecular formula is C15H22ClNO. The highest BCUT2D eigenvalue weighted by Crippen LogP contribution is 2.34. The Hall–Kier alpha value is -0.730. The molecule has 3 heterocycles. The first kappa shape index (κ1) is 13.7. The van der Waals surface area contributed by atoms with Crippen molar-refractivity contribution in [2.24, 2.45) is 5.92 Å². The molecule has 1 unspecified atom stereocenters. The second-order valence-electron chi connectivity index (χ2n) is 5.71. The average molecular weight is 268 g/mol. The second kappa shape index (κ2) is 5.50. The van der Waals surface area contributed by atoms with Crippen molar-refractivity contribution >= 4 is 12.4 Å². The zero-order valence-corrected chi connectivity index (χ0v) is 11.7. The molecule has 0 radical (unpaired) electrons. The van der Waals surface area contributed by atoms with Crippen LogP contribution in [0.4, 0.5) is 0 Å². The van der Waals surface area contributed by atoms with Crippen molar-refractivity contribution in [1.29, 1.82) is 0 Å². The Balaban J connectivity index is 0.00000120. The van der Waals surface area contributed by atoms with Crippen molar-refractivity contribution in [3.8, 4) is 5.75 Å². The molecule has 0 aromatic heterocycles. The van der Waals surface area contributed by atoms with Gasteiger partial charge in [-0.1, -0.05) is 17.7 Å². The molecule has 0 aliphatic carbocycles. The van der Waals surface area contributed by atoms with Gasteiger partial charge in [0.15, 0.2) is 0 Å². The molecule has 1 atom stereocenters. The topological polar surface area (TPSA) is 23.5 Å². The predicted molar refractivity (Wildman–Crippen MR) is 76.5 cm³/mol. The lowest BCUT2D eigenvalue weighted by Crippen LogP contribution is -2.49. The van der Waals surface area contributed by atoms with Crippen LogP contribution in [0.15, 0.2) is 18.2 Å². The Bertz CT molecular complexity index is 413. The molecule has 2 nitrogen and oxygen atoms in total. The summed E-state index contributed by atoms with van der Waals surface area (Å²) in [4.78, 5) is 2.61. The molecule has 0 amide bonds. The smallest absolute Gasteiger partial charge is 0.118 e. The fourth-order valence-electron chi connectivity index (χ4n) is 3.43. The Labute approximate surface area is 115 Å². The van der Waals surface area contributed by atoms with Gasteiger partial charge in [-0.2, -0.15) is 0 Å². The first-order valence-electron chi connectivity index (χ1n) is 6.75. The first-order chi connectivity index (χ1) is 8.22. The van der Waals surface area contributed by atoms with E-state index in [9.17, 15) is 5.11 Å². The van der Waals surface area contributed by atoms with Crippen LogP contribution in [-0.2, 0) is 6.42 Å². The molecule has 1 aromatic rings. The maximum atomic E-state index is 9.92. The Kier molecular flexibility index (Phi) is 4.18. The molecule has 1 aromatic carbocycles. The third-order valence-electron chi connectivity index (χ3n) is 4.46. The predicted octanol–water partition coefficient (Wildman–Crippen LogP) is 3.15.